The summed E-state index contributed by atoms with van der Waals surface area (Å²) in [7, 11) is 0. The first kappa shape index (κ1) is 14.5. The topological polar surface area (TPSA) is 92.5 Å². The molecule has 2 N–H and O–H groups in total. The number of rotatable bonds is 2. The minimum Gasteiger partial charge on any atom is -0.508 e. The highest BCUT2D eigenvalue weighted by Gasteiger charge is 2.13. The fourth-order valence-electron chi connectivity index (χ4n) is 2.86. The van der Waals surface area contributed by atoms with Crippen LogP contribution in [0.25, 0.3) is 45.1 Å². The average Bonchev–Trinajstić information content (AvgIpc) is 3.25. The van der Waals surface area contributed by atoms with Gasteiger partial charge < -0.3 is 19.0 Å². The maximum Gasteiger partial charge on any atom is 0.227 e. The van der Waals surface area contributed by atoms with E-state index >= 15 is 0 Å². The smallest absolute Gasteiger partial charge is 0.227 e. The predicted octanol–water partition coefficient (Wildman–Crippen LogP) is 4.71. The number of nitrogens with zero attached hydrogens (tertiary/aromatic N) is 2. The maximum absolute atomic E-state index is 9.57. The normalized spacial score (nSPS) is 11.4. The van der Waals surface area contributed by atoms with Crippen LogP contribution in [0, 0.1) is 0 Å². The number of fused-ring (bicyclic) bond motifs is 2. The maximum atomic E-state index is 9.57. The third-order valence-corrected chi connectivity index (χ3v) is 4.10. The Bertz CT molecular complexity index is 1170. The Labute approximate surface area is 147 Å². The van der Waals surface area contributed by atoms with Crippen LogP contribution in [0.5, 0.6) is 11.5 Å². The highest BCUT2D eigenvalue weighted by Crippen LogP contribution is 2.31. The molecule has 0 bridgehead atoms. The summed E-state index contributed by atoms with van der Waals surface area (Å²) in [5, 5.41) is 19.1. The monoisotopic (exact) mass is 344 g/mol. The molecule has 0 aliphatic heterocycles. The summed E-state index contributed by atoms with van der Waals surface area (Å²) < 4.78 is 11.5. The summed E-state index contributed by atoms with van der Waals surface area (Å²) in [5.74, 6) is 1.17. The summed E-state index contributed by atoms with van der Waals surface area (Å²) in [6.45, 7) is 0. The SMILES string of the molecule is Oc1ccc2oc(-c3cccc(-c4nc5cc(O)ccc5o4)c3)nc2c1. The van der Waals surface area contributed by atoms with Crippen molar-refractivity contribution >= 4 is 22.2 Å². The lowest BCUT2D eigenvalue weighted by Gasteiger charge is -1.98. The summed E-state index contributed by atoms with van der Waals surface area (Å²) >= 11 is 0. The number of oxazole rings is 2. The number of aromatic hydroxyl groups is 2. The van der Waals surface area contributed by atoms with E-state index in [9.17, 15) is 10.2 Å². The van der Waals surface area contributed by atoms with E-state index in [1.807, 2.05) is 24.3 Å². The predicted molar refractivity (Wildman–Crippen MR) is 95.8 cm³/mol. The zero-order valence-corrected chi connectivity index (χ0v) is 13.4. The Morgan fingerprint density at radius 1 is 0.615 bits per heavy atom. The molecular weight excluding hydrogens is 332 g/mol. The molecule has 5 rings (SSSR count). The molecule has 5 aromatic rings. The van der Waals surface area contributed by atoms with E-state index < -0.39 is 0 Å². The number of aromatic nitrogens is 2. The third kappa shape index (κ3) is 2.36. The van der Waals surface area contributed by atoms with Crippen molar-refractivity contribution in [1.82, 2.24) is 9.97 Å². The zero-order valence-electron chi connectivity index (χ0n) is 13.4. The fraction of sp³-hybridized carbons (Fsp3) is 0. The van der Waals surface area contributed by atoms with Gasteiger partial charge in [-0.1, -0.05) is 6.07 Å². The third-order valence-electron chi connectivity index (χ3n) is 4.10. The van der Waals surface area contributed by atoms with Crippen molar-refractivity contribution in [3.8, 4) is 34.4 Å². The van der Waals surface area contributed by atoms with Crippen LogP contribution < -0.4 is 0 Å². The van der Waals surface area contributed by atoms with E-state index in [1.54, 1.807) is 36.4 Å². The first-order valence-electron chi connectivity index (χ1n) is 7.96. The van der Waals surface area contributed by atoms with Crippen LogP contribution in [-0.4, -0.2) is 20.2 Å². The lowest BCUT2D eigenvalue weighted by Crippen LogP contribution is -1.81. The number of hydrogen-bond acceptors (Lipinski definition) is 6. The summed E-state index contributed by atoms with van der Waals surface area (Å²) in [5.41, 5.74) is 3.90. The van der Waals surface area contributed by atoms with Gasteiger partial charge in [0, 0.05) is 23.3 Å². The summed E-state index contributed by atoms with van der Waals surface area (Å²) in [6.07, 6.45) is 0. The van der Waals surface area contributed by atoms with Crippen LogP contribution in [0.15, 0.2) is 69.5 Å². The van der Waals surface area contributed by atoms with Gasteiger partial charge in [0.1, 0.15) is 22.5 Å². The van der Waals surface area contributed by atoms with Crippen molar-refractivity contribution in [3.63, 3.8) is 0 Å². The Morgan fingerprint density at radius 2 is 1.12 bits per heavy atom. The van der Waals surface area contributed by atoms with Crippen LogP contribution in [-0.2, 0) is 0 Å². The van der Waals surface area contributed by atoms with Crippen LogP contribution in [0.2, 0.25) is 0 Å². The molecular formula is C20H12N2O4. The molecule has 2 aromatic heterocycles. The summed E-state index contributed by atoms with van der Waals surface area (Å²) in [6, 6.07) is 17.1. The first-order chi connectivity index (χ1) is 12.7. The Balaban J connectivity index is 1.60. The molecule has 0 spiro atoms. The molecule has 6 heteroatoms. The van der Waals surface area contributed by atoms with E-state index in [0.717, 1.165) is 11.1 Å². The highest BCUT2D eigenvalue weighted by molar-refractivity contribution is 5.80. The van der Waals surface area contributed by atoms with Gasteiger partial charge in [-0.15, -0.1) is 0 Å². The van der Waals surface area contributed by atoms with Gasteiger partial charge in [-0.2, -0.15) is 0 Å². The van der Waals surface area contributed by atoms with E-state index in [0.29, 0.717) is 34.0 Å². The van der Waals surface area contributed by atoms with Gasteiger partial charge >= 0.3 is 0 Å². The van der Waals surface area contributed by atoms with Crippen LogP contribution in [0.1, 0.15) is 0 Å². The highest BCUT2D eigenvalue weighted by atomic mass is 16.4. The Kier molecular flexibility index (Phi) is 2.99. The minimum atomic E-state index is 0.140. The second-order valence-electron chi connectivity index (χ2n) is 5.92. The molecule has 0 aliphatic rings. The number of phenolic OH excluding ortho intramolecular Hbond substituents is 2. The van der Waals surface area contributed by atoms with Crippen molar-refractivity contribution < 1.29 is 19.0 Å². The van der Waals surface area contributed by atoms with Gasteiger partial charge in [0.2, 0.25) is 11.8 Å². The molecule has 126 valence electrons. The van der Waals surface area contributed by atoms with Crippen LogP contribution in [0.4, 0.5) is 0 Å². The van der Waals surface area contributed by atoms with E-state index in [2.05, 4.69) is 9.97 Å². The van der Waals surface area contributed by atoms with Crippen molar-refractivity contribution in [3.05, 3.63) is 60.7 Å². The molecule has 6 nitrogen and oxygen atoms in total. The van der Waals surface area contributed by atoms with E-state index in [-0.39, 0.29) is 11.5 Å². The molecule has 26 heavy (non-hydrogen) atoms. The Hall–Kier alpha value is -3.80. The lowest BCUT2D eigenvalue weighted by atomic mass is 10.1. The number of hydrogen-bond donors (Lipinski definition) is 2. The van der Waals surface area contributed by atoms with Gasteiger partial charge in [0.15, 0.2) is 11.2 Å². The lowest BCUT2D eigenvalue weighted by molar-refractivity contribution is 0.475. The summed E-state index contributed by atoms with van der Waals surface area (Å²) in [4.78, 5) is 8.84. The van der Waals surface area contributed by atoms with Crippen molar-refractivity contribution in [2.24, 2.45) is 0 Å². The molecule has 0 fully saturated rings. The molecule has 0 saturated heterocycles. The van der Waals surface area contributed by atoms with E-state index in [4.69, 9.17) is 8.83 Å². The van der Waals surface area contributed by atoms with Crippen molar-refractivity contribution in [2.45, 2.75) is 0 Å². The van der Waals surface area contributed by atoms with Gasteiger partial charge in [-0.25, -0.2) is 9.97 Å². The molecule has 0 atom stereocenters. The molecule has 2 heterocycles. The minimum absolute atomic E-state index is 0.140. The standard InChI is InChI=1S/C20H12N2O4/c23-13-4-6-17-15(9-13)21-19(25-17)11-2-1-3-12(8-11)20-22-16-10-14(24)5-7-18(16)26-20/h1-10,23-24H. The molecule has 0 amide bonds. The molecule has 0 radical (unpaired) electrons. The Morgan fingerprint density at radius 3 is 1.62 bits per heavy atom. The number of benzene rings is 3. The van der Waals surface area contributed by atoms with Crippen LogP contribution >= 0.6 is 0 Å². The van der Waals surface area contributed by atoms with E-state index in [1.165, 1.54) is 0 Å². The molecule has 0 aliphatic carbocycles. The fourth-order valence-corrected chi connectivity index (χ4v) is 2.86. The van der Waals surface area contributed by atoms with Crippen LogP contribution in [0.3, 0.4) is 0 Å². The quantitative estimate of drug-likeness (QED) is 0.481. The van der Waals surface area contributed by atoms with Crippen molar-refractivity contribution in [2.75, 3.05) is 0 Å². The second-order valence-corrected chi connectivity index (χ2v) is 5.92. The molecule has 0 unspecified atom stereocenters. The first-order valence-corrected chi connectivity index (χ1v) is 7.96. The number of phenols is 2. The molecule has 0 saturated carbocycles. The van der Waals surface area contributed by atoms with Gasteiger partial charge in [0.05, 0.1) is 0 Å². The van der Waals surface area contributed by atoms with Gasteiger partial charge in [-0.3, -0.25) is 0 Å². The second kappa shape index (κ2) is 5.35. The average molecular weight is 344 g/mol. The zero-order chi connectivity index (χ0) is 17.7. The van der Waals surface area contributed by atoms with Gasteiger partial charge in [0.25, 0.3) is 0 Å². The molecule has 3 aromatic carbocycles. The van der Waals surface area contributed by atoms with Crippen molar-refractivity contribution in [1.29, 1.82) is 0 Å². The largest absolute Gasteiger partial charge is 0.508 e. The van der Waals surface area contributed by atoms with Gasteiger partial charge in [-0.05, 0) is 42.5 Å².